The molecule has 1 fully saturated rings. The molecule has 1 spiro atoms. The number of hydrogen-bond donors (Lipinski definition) is 4. The van der Waals surface area contributed by atoms with Crippen molar-refractivity contribution in [2.45, 2.75) is 101 Å². The molecule has 2 amide bonds. The summed E-state index contributed by atoms with van der Waals surface area (Å²) in [5, 5.41) is 28.2. The van der Waals surface area contributed by atoms with Gasteiger partial charge in [0.15, 0.2) is 23.7 Å². The van der Waals surface area contributed by atoms with Crippen LogP contribution in [-0.4, -0.2) is 94.7 Å². The third-order valence-corrected chi connectivity index (χ3v) is 10.1. The number of nitrogens with one attached hydrogen (secondary N) is 2. The Kier molecular flexibility index (Phi) is 9.33. The number of ether oxygens (including phenoxy) is 4. The monoisotopic (exact) mass is 691 g/mol. The molecule has 6 unspecified atom stereocenters. The Labute approximate surface area is 290 Å². The summed E-state index contributed by atoms with van der Waals surface area (Å²) in [7, 11) is 1.98. The molecule has 6 rings (SSSR count). The minimum absolute atomic E-state index is 0.0423. The molecular weight excluding hydrogens is 646 g/mol. The maximum Gasteiger partial charge on any atom is 0.408 e. The maximum absolute atomic E-state index is 13.2. The van der Waals surface area contributed by atoms with Crippen LogP contribution in [0.25, 0.3) is 0 Å². The van der Waals surface area contributed by atoms with Gasteiger partial charge in [-0.2, -0.15) is 0 Å². The molecule has 2 heterocycles. The van der Waals surface area contributed by atoms with Crippen LogP contribution in [0.4, 0.5) is 4.79 Å². The average molecular weight is 692 g/mol. The van der Waals surface area contributed by atoms with Gasteiger partial charge in [-0.05, 0) is 77.4 Å². The molecule has 2 aliphatic carbocycles. The summed E-state index contributed by atoms with van der Waals surface area (Å²) in [6, 6.07) is 11.4. The number of rotatable bonds is 10. The first-order valence-corrected chi connectivity index (χ1v) is 17.0. The van der Waals surface area contributed by atoms with Crippen LogP contribution in [0.15, 0.2) is 54.3 Å². The SMILES string of the molecule is CC(OC(=O)CCNC(=O)C(Cc1ccccc1)NC(=O)OC(C)(C)C)C(=O)OC1=CCC2(O)C3Cc4ccc(O)c5c4C2(CCN3C)C1O5. The predicted octanol–water partition coefficient (Wildman–Crippen LogP) is 2.79. The number of benzene rings is 2. The van der Waals surface area contributed by atoms with E-state index in [0.717, 1.165) is 16.7 Å². The van der Waals surface area contributed by atoms with E-state index in [-0.39, 0.29) is 43.4 Å². The number of aromatic hydroxyl groups is 1. The summed E-state index contributed by atoms with van der Waals surface area (Å²) in [5.74, 6) is -1.64. The van der Waals surface area contributed by atoms with Crippen molar-refractivity contribution in [3.63, 3.8) is 0 Å². The van der Waals surface area contributed by atoms with Gasteiger partial charge in [-0.1, -0.05) is 36.4 Å². The van der Waals surface area contributed by atoms with E-state index >= 15 is 0 Å². The smallest absolute Gasteiger partial charge is 0.408 e. The van der Waals surface area contributed by atoms with Crippen LogP contribution >= 0.6 is 0 Å². The molecule has 1 saturated heterocycles. The molecule has 2 bridgehead atoms. The molecule has 4 N–H and O–H groups in total. The number of nitrogens with zero attached hydrogens (tertiary/aromatic N) is 1. The topological polar surface area (TPSA) is 173 Å². The zero-order chi connectivity index (χ0) is 36.0. The van der Waals surface area contributed by atoms with Crippen molar-refractivity contribution in [1.82, 2.24) is 15.5 Å². The average Bonchev–Trinajstić information content (AvgIpc) is 3.41. The molecule has 2 aromatic rings. The Morgan fingerprint density at radius 2 is 1.86 bits per heavy atom. The fourth-order valence-corrected chi connectivity index (χ4v) is 7.86. The lowest BCUT2D eigenvalue weighted by Gasteiger charge is -2.61. The number of piperidine rings is 1. The Morgan fingerprint density at radius 3 is 2.58 bits per heavy atom. The lowest BCUT2D eigenvalue weighted by Crippen LogP contribution is -2.74. The summed E-state index contributed by atoms with van der Waals surface area (Å²) in [6.07, 6.45) is 0.0326. The van der Waals surface area contributed by atoms with Crippen molar-refractivity contribution in [2.24, 2.45) is 0 Å². The number of carbonyl (C=O) groups is 4. The minimum atomic E-state index is -1.29. The highest BCUT2D eigenvalue weighted by atomic mass is 16.6. The summed E-state index contributed by atoms with van der Waals surface area (Å²) < 4.78 is 22.8. The van der Waals surface area contributed by atoms with Gasteiger partial charge in [0.2, 0.25) is 5.91 Å². The highest BCUT2D eigenvalue weighted by Gasteiger charge is 2.72. The number of phenolic OH excluding ortho intramolecular Hbond substituents is 1. The Bertz CT molecular complexity index is 1700. The number of likely N-dealkylation sites (N-methyl/N-ethyl adjacent to an activating group) is 1. The fraction of sp³-hybridized carbons (Fsp3) is 0.514. The summed E-state index contributed by atoms with van der Waals surface area (Å²) in [4.78, 5) is 53.6. The van der Waals surface area contributed by atoms with E-state index in [1.165, 1.54) is 6.92 Å². The second kappa shape index (κ2) is 13.3. The summed E-state index contributed by atoms with van der Waals surface area (Å²) >= 11 is 0. The number of likely N-dealkylation sites (tertiary alicyclic amines) is 1. The summed E-state index contributed by atoms with van der Waals surface area (Å²) in [6.45, 7) is 7.11. The Morgan fingerprint density at radius 1 is 1.12 bits per heavy atom. The number of alkyl carbamates (subject to hydrolysis) is 1. The van der Waals surface area contributed by atoms with Crippen molar-refractivity contribution in [1.29, 1.82) is 0 Å². The largest absolute Gasteiger partial charge is 0.504 e. The van der Waals surface area contributed by atoms with E-state index in [4.69, 9.17) is 18.9 Å². The highest BCUT2D eigenvalue weighted by molar-refractivity contribution is 5.86. The third kappa shape index (κ3) is 6.39. The van der Waals surface area contributed by atoms with Gasteiger partial charge in [0.05, 0.1) is 17.4 Å². The van der Waals surface area contributed by atoms with Crippen molar-refractivity contribution in [3.8, 4) is 11.5 Å². The van der Waals surface area contributed by atoms with E-state index in [1.54, 1.807) is 32.9 Å². The van der Waals surface area contributed by atoms with Crippen molar-refractivity contribution in [2.75, 3.05) is 20.1 Å². The van der Waals surface area contributed by atoms with Gasteiger partial charge in [0.1, 0.15) is 17.4 Å². The minimum Gasteiger partial charge on any atom is -0.504 e. The van der Waals surface area contributed by atoms with E-state index in [0.29, 0.717) is 25.1 Å². The van der Waals surface area contributed by atoms with E-state index < -0.39 is 58.8 Å². The molecule has 0 aromatic heterocycles. The molecule has 2 aromatic carbocycles. The molecule has 268 valence electrons. The normalized spacial score (nSPS) is 25.9. The Balaban J connectivity index is 1.06. The van der Waals surface area contributed by atoms with Gasteiger partial charge in [-0.15, -0.1) is 0 Å². The van der Waals surface area contributed by atoms with E-state index in [9.17, 15) is 29.4 Å². The van der Waals surface area contributed by atoms with E-state index in [2.05, 4.69) is 15.5 Å². The van der Waals surface area contributed by atoms with Crippen LogP contribution in [0.5, 0.6) is 11.5 Å². The lowest BCUT2D eigenvalue weighted by molar-refractivity contribution is -0.175. The fourth-order valence-electron chi connectivity index (χ4n) is 7.86. The highest BCUT2D eigenvalue weighted by Crippen LogP contribution is 2.65. The first-order chi connectivity index (χ1) is 23.6. The molecule has 2 aliphatic heterocycles. The lowest BCUT2D eigenvalue weighted by atomic mass is 9.50. The van der Waals surface area contributed by atoms with Gasteiger partial charge < -0.3 is 44.7 Å². The van der Waals surface area contributed by atoms with Gasteiger partial charge in [0.25, 0.3) is 0 Å². The number of amides is 2. The Hall–Kier alpha value is -4.62. The van der Waals surface area contributed by atoms with Crippen LogP contribution < -0.4 is 15.4 Å². The molecule has 0 radical (unpaired) electrons. The van der Waals surface area contributed by atoms with Crippen molar-refractivity contribution < 1.29 is 48.3 Å². The maximum atomic E-state index is 13.2. The van der Waals surface area contributed by atoms with Crippen LogP contribution in [0.3, 0.4) is 0 Å². The predicted molar refractivity (Wildman–Crippen MR) is 179 cm³/mol. The zero-order valence-electron chi connectivity index (χ0n) is 29.0. The standard InChI is InChI=1S/C37H45N3O10/c1-21(47-28(42)14-17-38-32(43)24(19-22-9-7-6-8-10-22)39-34(45)50-35(2,3)4)33(44)48-26-13-15-37(46)27-20-23-11-12-25(41)30-29(23)36(37,31(26)49-30)16-18-40(27)5/h6-13,21,24,27,31,41,46H,14-20H2,1-5H3,(H,38,43)(H,39,45). The first-order valence-electron chi connectivity index (χ1n) is 17.0. The molecule has 0 saturated carbocycles. The van der Waals surface area contributed by atoms with Gasteiger partial charge in [-0.25, -0.2) is 9.59 Å². The quantitative estimate of drug-likeness (QED) is 0.213. The van der Waals surface area contributed by atoms with Crippen LogP contribution in [0, 0.1) is 0 Å². The number of carbonyl (C=O) groups excluding carboxylic acids is 4. The van der Waals surface area contributed by atoms with Crippen LogP contribution in [0.2, 0.25) is 0 Å². The molecule has 4 aliphatic rings. The van der Waals surface area contributed by atoms with Gasteiger partial charge in [-0.3, -0.25) is 9.59 Å². The number of aliphatic hydroxyl groups is 1. The zero-order valence-corrected chi connectivity index (χ0v) is 29.0. The van der Waals surface area contributed by atoms with Crippen LogP contribution in [0.1, 0.15) is 63.6 Å². The molecule has 50 heavy (non-hydrogen) atoms. The molecule has 13 nitrogen and oxygen atoms in total. The summed E-state index contributed by atoms with van der Waals surface area (Å²) in [5.41, 5.74) is -0.330. The van der Waals surface area contributed by atoms with Crippen LogP contribution in [-0.2, 0) is 46.9 Å². The molecule has 6 atom stereocenters. The van der Waals surface area contributed by atoms with Crippen molar-refractivity contribution >= 4 is 23.9 Å². The first kappa shape index (κ1) is 35.2. The van der Waals surface area contributed by atoms with Crippen molar-refractivity contribution in [3.05, 3.63) is 71.0 Å². The van der Waals surface area contributed by atoms with Gasteiger partial charge in [0, 0.05) is 31.0 Å². The van der Waals surface area contributed by atoms with E-state index in [1.807, 2.05) is 43.4 Å². The number of esters is 2. The number of phenols is 1. The molecular formula is C37H45N3O10. The number of hydrogen-bond acceptors (Lipinski definition) is 11. The molecule has 13 heteroatoms. The van der Waals surface area contributed by atoms with Gasteiger partial charge >= 0.3 is 18.0 Å². The second-order valence-corrected chi connectivity index (χ2v) is 14.6. The second-order valence-electron chi connectivity index (χ2n) is 14.6. The third-order valence-electron chi connectivity index (χ3n) is 10.1.